The fraction of sp³-hybridized carbons (Fsp3) is 0.400. The van der Waals surface area contributed by atoms with E-state index in [9.17, 15) is 13.5 Å². The van der Waals surface area contributed by atoms with Crippen LogP contribution in [0.2, 0.25) is 0 Å². The van der Waals surface area contributed by atoms with E-state index in [1.54, 1.807) is 31.2 Å². The molecule has 0 unspecified atom stereocenters. The predicted molar refractivity (Wildman–Crippen MR) is 58.8 cm³/mol. The van der Waals surface area contributed by atoms with Crippen molar-refractivity contribution in [1.29, 1.82) is 0 Å². The molecule has 15 heavy (non-hydrogen) atoms. The third kappa shape index (κ3) is 3.89. The second-order valence-corrected chi connectivity index (χ2v) is 5.17. The summed E-state index contributed by atoms with van der Waals surface area (Å²) < 4.78 is 24.9. The molecule has 0 aliphatic heterocycles. The van der Waals surface area contributed by atoms with Gasteiger partial charge in [-0.25, -0.2) is 13.5 Å². The van der Waals surface area contributed by atoms with Gasteiger partial charge in [0.1, 0.15) is 0 Å². The van der Waals surface area contributed by atoms with E-state index in [-0.39, 0.29) is 12.4 Å². The molecular formula is C10H14NO3S. The highest BCUT2D eigenvalue weighted by Crippen LogP contribution is 2.11. The second-order valence-electron chi connectivity index (χ2n) is 3.16. The van der Waals surface area contributed by atoms with Crippen LogP contribution in [0.1, 0.15) is 12.5 Å². The Labute approximate surface area is 90.0 Å². The highest BCUT2D eigenvalue weighted by molar-refractivity contribution is 7.92. The number of sulfonamides is 1. The molecule has 0 heterocycles. The van der Waals surface area contributed by atoms with E-state index in [1.165, 1.54) is 0 Å². The van der Waals surface area contributed by atoms with Crippen molar-refractivity contribution in [3.8, 4) is 0 Å². The molecule has 4 nitrogen and oxygen atoms in total. The number of anilines is 1. The minimum Gasteiger partial charge on any atom is -0.284 e. The van der Waals surface area contributed by atoms with Gasteiger partial charge in [0.15, 0.2) is 0 Å². The van der Waals surface area contributed by atoms with Gasteiger partial charge in [0, 0.05) is 5.69 Å². The fourth-order valence-corrected chi connectivity index (χ4v) is 1.75. The topological polar surface area (TPSA) is 66.1 Å². The summed E-state index contributed by atoms with van der Waals surface area (Å²) >= 11 is 0. The molecule has 0 spiro atoms. The molecule has 1 aromatic carbocycles. The highest BCUT2D eigenvalue weighted by atomic mass is 32.2. The van der Waals surface area contributed by atoms with Gasteiger partial charge < -0.3 is 0 Å². The third-order valence-corrected chi connectivity index (χ3v) is 3.30. The molecule has 1 aromatic rings. The zero-order chi connectivity index (χ0) is 11.3. The first-order chi connectivity index (χ1) is 7.07. The lowest BCUT2D eigenvalue weighted by Crippen LogP contribution is -2.14. The van der Waals surface area contributed by atoms with E-state index in [2.05, 4.69) is 4.72 Å². The van der Waals surface area contributed by atoms with Gasteiger partial charge >= 0.3 is 0 Å². The smallest absolute Gasteiger partial charge is 0.232 e. The molecule has 0 atom stereocenters. The third-order valence-electron chi connectivity index (χ3n) is 2.00. The Hall–Kier alpha value is -1.07. The number of hydrogen-bond donors (Lipinski definition) is 1. The van der Waals surface area contributed by atoms with Gasteiger partial charge in [0.2, 0.25) is 10.0 Å². The van der Waals surface area contributed by atoms with Gasteiger partial charge in [0.25, 0.3) is 0 Å². The van der Waals surface area contributed by atoms with Crippen molar-refractivity contribution in [1.82, 2.24) is 0 Å². The normalized spacial score (nSPS) is 11.3. The Morgan fingerprint density at radius 2 is 1.80 bits per heavy atom. The summed E-state index contributed by atoms with van der Waals surface area (Å²) in [6.07, 6.45) is 0.473. The molecule has 1 rings (SSSR count). The van der Waals surface area contributed by atoms with E-state index < -0.39 is 10.0 Å². The fourth-order valence-electron chi connectivity index (χ4n) is 1.11. The van der Waals surface area contributed by atoms with E-state index in [0.29, 0.717) is 12.1 Å². The number of hydrogen-bond acceptors (Lipinski definition) is 2. The van der Waals surface area contributed by atoms with Crippen molar-refractivity contribution in [3.05, 3.63) is 29.8 Å². The van der Waals surface area contributed by atoms with E-state index in [1.807, 2.05) is 0 Å². The second kappa shape index (κ2) is 5.14. The van der Waals surface area contributed by atoms with Crippen molar-refractivity contribution in [2.45, 2.75) is 13.3 Å². The molecule has 5 heteroatoms. The van der Waals surface area contributed by atoms with Gasteiger partial charge in [-0.15, -0.1) is 0 Å². The monoisotopic (exact) mass is 228 g/mol. The number of rotatable bonds is 5. The van der Waals surface area contributed by atoms with Gasteiger partial charge in [-0.3, -0.25) is 4.72 Å². The van der Waals surface area contributed by atoms with Crippen LogP contribution >= 0.6 is 0 Å². The largest absolute Gasteiger partial charge is 0.284 e. The zero-order valence-electron chi connectivity index (χ0n) is 8.56. The van der Waals surface area contributed by atoms with Crippen LogP contribution in [0, 0.1) is 0 Å². The Morgan fingerprint density at radius 3 is 2.27 bits per heavy atom. The lowest BCUT2D eigenvalue weighted by Gasteiger charge is -2.06. The Balaban J connectivity index is 2.73. The minimum absolute atomic E-state index is 0.0509. The van der Waals surface area contributed by atoms with Crippen molar-refractivity contribution in [2.75, 3.05) is 17.1 Å². The molecule has 0 aromatic heterocycles. The highest BCUT2D eigenvalue weighted by Gasteiger charge is 2.05. The maximum atomic E-state index is 11.2. The summed E-state index contributed by atoms with van der Waals surface area (Å²) in [5, 5.41) is 10.3. The first kappa shape index (κ1) is 12.0. The van der Waals surface area contributed by atoms with E-state index >= 15 is 0 Å². The summed E-state index contributed by atoms with van der Waals surface area (Å²) in [5.74, 6) is 0.0509. The van der Waals surface area contributed by atoms with Gasteiger partial charge in [-0.1, -0.05) is 12.1 Å². The van der Waals surface area contributed by atoms with Crippen molar-refractivity contribution >= 4 is 15.7 Å². The first-order valence-corrected chi connectivity index (χ1v) is 6.40. The average molecular weight is 228 g/mol. The molecule has 1 N–H and O–H groups in total. The summed E-state index contributed by atoms with van der Waals surface area (Å²) in [6.45, 7) is 1.42. The predicted octanol–water partition coefficient (Wildman–Crippen LogP) is 1.42. The van der Waals surface area contributed by atoms with Crippen LogP contribution in [0.5, 0.6) is 0 Å². The zero-order valence-corrected chi connectivity index (χ0v) is 9.38. The van der Waals surface area contributed by atoms with Crippen molar-refractivity contribution in [2.24, 2.45) is 0 Å². The molecule has 0 aliphatic carbocycles. The van der Waals surface area contributed by atoms with Crippen LogP contribution in [-0.4, -0.2) is 20.8 Å². The standard InChI is InChI=1S/C10H14NO3S/c1-2-15(13,14)11-10-5-3-9(4-6-10)7-8-12/h3-6,11H,2,7-8H2,1H3. The Bertz CT molecular complexity index is 397. The van der Waals surface area contributed by atoms with Gasteiger partial charge in [-0.2, -0.15) is 0 Å². The quantitative estimate of drug-likeness (QED) is 0.828. The molecular weight excluding hydrogens is 214 g/mol. The van der Waals surface area contributed by atoms with E-state index in [0.717, 1.165) is 5.56 Å². The van der Waals surface area contributed by atoms with Crippen LogP contribution in [0.3, 0.4) is 0 Å². The van der Waals surface area contributed by atoms with Crippen LogP contribution in [0.4, 0.5) is 5.69 Å². The van der Waals surface area contributed by atoms with Crippen LogP contribution < -0.4 is 4.72 Å². The van der Waals surface area contributed by atoms with Crippen molar-refractivity contribution < 1.29 is 13.5 Å². The van der Waals surface area contributed by atoms with Crippen LogP contribution in [0.15, 0.2) is 24.3 Å². The van der Waals surface area contributed by atoms with E-state index in [4.69, 9.17) is 0 Å². The maximum absolute atomic E-state index is 11.2. The summed E-state index contributed by atoms with van der Waals surface area (Å²) in [4.78, 5) is 0. The summed E-state index contributed by atoms with van der Waals surface area (Å²) in [7, 11) is -3.21. The van der Waals surface area contributed by atoms with Gasteiger partial charge in [0.05, 0.1) is 12.4 Å². The molecule has 0 bridgehead atoms. The van der Waals surface area contributed by atoms with Gasteiger partial charge in [-0.05, 0) is 31.0 Å². The Morgan fingerprint density at radius 1 is 1.20 bits per heavy atom. The number of nitrogens with one attached hydrogen (secondary N) is 1. The SMILES string of the molecule is CCS(=O)(=O)Nc1ccc(CC[O])cc1. The van der Waals surface area contributed by atoms with Crippen molar-refractivity contribution in [3.63, 3.8) is 0 Å². The van der Waals surface area contributed by atoms with Crippen LogP contribution in [0.25, 0.3) is 0 Å². The molecule has 0 amide bonds. The molecule has 1 radical (unpaired) electrons. The van der Waals surface area contributed by atoms with Crippen LogP contribution in [-0.2, 0) is 21.6 Å². The molecule has 83 valence electrons. The lowest BCUT2D eigenvalue weighted by atomic mass is 10.1. The summed E-state index contributed by atoms with van der Waals surface area (Å²) in [6, 6.07) is 6.84. The first-order valence-electron chi connectivity index (χ1n) is 4.75. The lowest BCUT2D eigenvalue weighted by molar-refractivity contribution is 0.197. The summed E-state index contributed by atoms with van der Waals surface area (Å²) in [5.41, 5.74) is 1.45. The number of benzene rings is 1. The maximum Gasteiger partial charge on any atom is 0.232 e. The molecule has 0 aliphatic rings. The molecule has 0 fully saturated rings. The Kier molecular flexibility index (Phi) is 4.11. The minimum atomic E-state index is -3.21. The average Bonchev–Trinajstić information content (AvgIpc) is 2.21. The molecule has 0 saturated heterocycles. The molecule has 0 saturated carbocycles.